The van der Waals surface area contributed by atoms with Gasteiger partial charge in [-0.2, -0.15) is 10.3 Å². The molecule has 0 radical (unpaired) electrons. The Morgan fingerprint density at radius 1 is 1.12 bits per heavy atom. The first-order valence-corrected chi connectivity index (χ1v) is 14.6. The average molecular weight is 641 g/mol. The van der Waals surface area contributed by atoms with Gasteiger partial charge in [0.15, 0.2) is 5.17 Å². The molecule has 4 aromatic rings. The van der Waals surface area contributed by atoms with E-state index in [2.05, 4.69) is 20.0 Å². The van der Waals surface area contributed by atoms with Crippen LogP contribution in [0.2, 0.25) is 10.2 Å². The zero-order valence-electron chi connectivity index (χ0n) is 23.3. The maximum absolute atomic E-state index is 11.9. The van der Waals surface area contributed by atoms with E-state index < -0.39 is 6.09 Å². The monoisotopic (exact) mass is 639 g/mol. The fourth-order valence-corrected chi connectivity index (χ4v) is 5.08. The van der Waals surface area contributed by atoms with Crippen LogP contribution < -0.4 is 9.80 Å². The number of amidine groups is 1. The third kappa shape index (κ3) is 8.86. The van der Waals surface area contributed by atoms with Crippen LogP contribution in [0.15, 0.2) is 84.1 Å². The van der Waals surface area contributed by atoms with Crippen molar-refractivity contribution in [1.29, 1.82) is 5.26 Å². The molecule has 0 aliphatic carbocycles. The number of methoxy groups -OCH3 is 1. The Bertz CT molecular complexity index is 1580. The Morgan fingerprint density at radius 2 is 1.91 bits per heavy atom. The van der Waals surface area contributed by atoms with Gasteiger partial charge in [-0.3, -0.25) is 4.84 Å². The Labute approximate surface area is 263 Å². The van der Waals surface area contributed by atoms with Crippen molar-refractivity contribution >= 4 is 51.9 Å². The molecule has 0 bridgehead atoms. The SMILES string of the molecule is COC(=O)N(OC)c1ccccc1COc1ccn(-c2ccc(Cl)cc2)n1.N#C/N=C1\SCCN1Cc1ccc(Cl)nc1. The van der Waals surface area contributed by atoms with Crippen LogP contribution in [-0.2, 0) is 22.7 Å². The van der Waals surface area contributed by atoms with E-state index in [4.69, 9.17) is 42.8 Å². The van der Waals surface area contributed by atoms with Crippen molar-refractivity contribution in [2.24, 2.45) is 4.99 Å². The number of ether oxygens (including phenoxy) is 2. The van der Waals surface area contributed by atoms with Gasteiger partial charge in [0.2, 0.25) is 12.1 Å². The summed E-state index contributed by atoms with van der Waals surface area (Å²) in [5.74, 6) is 1.42. The average Bonchev–Trinajstić information content (AvgIpc) is 3.69. The summed E-state index contributed by atoms with van der Waals surface area (Å²) < 4.78 is 12.2. The Hall–Kier alpha value is -4.28. The van der Waals surface area contributed by atoms with Gasteiger partial charge in [-0.05, 0) is 42.0 Å². The number of carbonyl (C=O) groups excluding carboxylic acids is 1. The second-order valence-electron chi connectivity index (χ2n) is 8.69. The molecule has 0 saturated carbocycles. The lowest BCUT2D eigenvalue weighted by atomic mass is 10.2. The number of hydrogen-bond acceptors (Lipinski definition) is 9. The van der Waals surface area contributed by atoms with Crippen LogP contribution in [0.1, 0.15) is 11.1 Å². The number of aromatic nitrogens is 3. The minimum atomic E-state index is -0.628. The van der Waals surface area contributed by atoms with E-state index >= 15 is 0 Å². The summed E-state index contributed by atoms with van der Waals surface area (Å²) in [7, 11) is 2.68. The molecule has 0 atom stereocenters. The number of nitrogens with zero attached hydrogens (tertiary/aromatic N) is 7. The number of carbonyl (C=O) groups is 1. The topological polar surface area (TPSA) is 118 Å². The number of pyridine rings is 1. The standard InChI is InChI=1S/C19H18ClN3O4.C10H9ClN4S/c1-25-19(24)23(26-2)17-6-4-3-5-14(17)13-27-18-11-12-22(21-18)16-9-7-15(20)8-10-16;11-9-2-1-8(5-13-9)6-15-3-4-16-10(15)14-7-12/h3-12H,13H2,1-2H3;1-2,5H,3-4,6H2/b;14-10-. The van der Waals surface area contributed by atoms with Gasteiger partial charge in [0, 0.05) is 47.9 Å². The normalized spacial score (nSPS) is 13.2. The number of rotatable bonds is 8. The third-order valence-electron chi connectivity index (χ3n) is 5.94. The number of hydrogen-bond donors (Lipinski definition) is 0. The van der Waals surface area contributed by atoms with Crippen LogP contribution in [0.25, 0.3) is 5.69 Å². The van der Waals surface area contributed by atoms with Crippen molar-refractivity contribution in [1.82, 2.24) is 19.7 Å². The number of amides is 1. The molecule has 1 amide bonds. The van der Waals surface area contributed by atoms with Crippen LogP contribution >= 0.6 is 35.0 Å². The van der Waals surface area contributed by atoms with E-state index in [1.165, 1.54) is 14.2 Å². The van der Waals surface area contributed by atoms with Gasteiger partial charge in [0.05, 0.1) is 25.6 Å². The summed E-state index contributed by atoms with van der Waals surface area (Å²) in [6.07, 6.45) is 4.73. The number of nitriles is 1. The van der Waals surface area contributed by atoms with Crippen molar-refractivity contribution in [3.63, 3.8) is 0 Å². The molecule has 2 aromatic heterocycles. The quantitative estimate of drug-likeness (QED) is 0.123. The lowest BCUT2D eigenvalue weighted by Crippen LogP contribution is -2.30. The fourth-order valence-electron chi connectivity index (χ4n) is 3.91. The number of hydroxylamine groups is 1. The van der Waals surface area contributed by atoms with Gasteiger partial charge < -0.3 is 14.4 Å². The van der Waals surface area contributed by atoms with Crippen molar-refractivity contribution in [2.75, 3.05) is 31.6 Å². The lowest BCUT2D eigenvalue weighted by molar-refractivity contribution is 0.115. The van der Waals surface area contributed by atoms with E-state index in [0.29, 0.717) is 21.7 Å². The molecule has 11 nitrogen and oxygen atoms in total. The maximum atomic E-state index is 11.9. The summed E-state index contributed by atoms with van der Waals surface area (Å²) in [5.41, 5.74) is 3.21. The van der Waals surface area contributed by atoms with E-state index in [9.17, 15) is 4.79 Å². The summed E-state index contributed by atoms with van der Waals surface area (Å²) in [6, 6.07) is 20.0. The molecular weight excluding hydrogens is 613 g/mol. The van der Waals surface area contributed by atoms with Gasteiger partial charge in [-0.25, -0.2) is 14.5 Å². The Kier molecular flexibility index (Phi) is 11.6. The van der Waals surface area contributed by atoms with Crippen LogP contribution in [0.3, 0.4) is 0 Å². The Morgan fingerprint density at radius 3 is 2.60 bits per heavy atom. The summed E-state index contributed by atoms with van der Waals surface area (Å²) in [5, 5.41) is 15.9. The summed E-state index contributed by atoms with van der Waals surface area (Å²) in [6.45, 7) is 1.83. The van der Waals surface area contributed by atoms with Gasteiger partial charge in [-0.1, -0.05) is 59.2 Å². The highest BCUT2D eigenvalue weighted by atomic mass is 35.5. The molecule has 0 N–H and O–H groups in total. The number of benzene rings is 2. The first kappa shape index (κ1) is 31.7. The van der Waals surface area contributed by atoms with E-state index in [1.54, 1.807) is 65.2 Å². The minimum Gasteiger partial charge on any atom is -0.472 e. The molecule has 1 fully saturated rings. The van der Waals surface area contributed by atoms with Crippen molar-refractivity contribution in [2.45, 2.75) is 13.2 Å². The van der Waals surface area contributed by atoms with Crippen molar-refractivity contribution < 1.29 is 19.1 Å². The molecule has 0 unspecified atom stereocenters. The number of halogens is 2. The van der Waals surface area contributed by atoms with Gasteiger partial charge >= 0.3 is 6.09 Å². The third-order valence-corrected chi connectivity index (χ3v) is 7.41. The van der Waals surface area contributed by atoms with Gasteiger partial charge in [0.1, 0.15) is 11.8 Å². The Balaban J connectivity index is 0.000000225. The predicted molar refractivity (Wildman–Crippen MR) is 166 cm³/mol. The molecule has 3 heterocycles. The molecule has 1 aliphatic rings. The van der Waals surface area contributed by atoms with Crippen LogP contribution in [-0.4, -0.2) is 57.4 Å². The highest BCUT2D eigenvalue weighted by molar-refractivity contribution is 8.14. The highest BCUT2D eigenvalue weighted by Crippen LogP contribution is 2.24. The summed E-state index contributed by atoms with van der Waals surface area (Å²) >= 11 is 13.2. The van der Waals surface area contributed by atoms with Crippen LogP contribution in [0.5, 0.6) is 5.88 Å². The largest absolute Gasteiger partial charge is 0.472 e. The highest BCUT2D eigenvalue weighted by Gasteiger charge is 2.20. The number of anilines is 1. The smallest absolute Gasteiger partial charge is 0.438 e. The molecule has 1 saturated heterocycles. The van der Waals surface area contributed by atoms with Crippen molar-refractivity contribution in [3.8, 4) is 17.8 Å². The summed E-state index contributed by atoms with van der Waals surface area (Å²) in [4.78, 5) is 26.9. The van der Waals surface area contributed by atoms with Crippen LogP contribution in [0, 0.1) is 11.5 Å². The maximum Gasteiger partial charge on any atom is 0.438 e. The first-order valence-electron chi connectivity index (χ1n) is 12.8. The predicted octanol–water partition coefficient (Wildman–Crippen LogP) is 6.36. The van der Waals surface area contributed by atoms with Crippen molar-refractivity contribution in [3.05, 3.63) is 100 Å². The number of thioether (sulfide) groups is 1. The van der Waals surface area contributed by atoms with Gasteiger partial charge in [-0.15, -0.1) is 10.1 Å². The first-order chi connectivity index (χ1) is 20.9. The second kappa shape index (κ2) is 15.8. The van der Waals surface area contributed by atoms with E-state index in [0.717, 1.165) is 45.9 Å². The molecule has 1 aliphatic heterocycles. The molecule has 2 aromatic carbocycles. The second-order valence-corrected chi connectivity index (χ2v) is 10.6. The fraction of sp³-hybridized carbons (Fsp3) is 0.207. The molecule has 0 spiro atoms. The molecule has 43 heavy (non-hydrogen) atoms. The molecule has 222 valence electrons. The molecule has 5 rings (SSSR count). The number of aliphatic imine (C=N–C) groups is 1. The lowest BCUT2D eigenvalue weighted by Gasteiger charge is -2.20. The van der Waals surface area contributed by atoms with Crippen LogP contribution in [0.4, 0.5) is 10.5 Å². The zero-order valence-corrected chi connectivity index (χ0v) is 25.6. The number of para-hydroxylation sites is 1. The zero-order chi connectivity index (χ0) is 30.6. The molecular formula is C29H27Cl2N7O4S. The van der Waals surface area contributed by atoms with E-state index in [-0.39, 0.29) is 6.61 Å². The van der Waals surface area contributed by atoms with Gasteiger partial charge in [0.25, 0.3) is 0 Å². The molecule has 14 heteroatoms. The minimum absolute atomic E-state index is 0.199. The van der Waals surface area contributed by atoms with E-state index in [1.807, 2.05) is 36.5 Å².